The Kier molecular flexibility index (Phi) is 4.34. The van der Waals surface area contributed by atoms with E-state index in [0.717, 1.165) is 11.8 Å². The molecule has 1 aliphatic carbocycles. The lowest BCUT2D eigenvalue weighted by molar-refractivity contribution is 0.381. The molecule has 1 heterocycles. The van der Waals surface area contributed by atoms with Crippen molar-refractivity contribution >= 4 is 5.69 Å². The molecule has 1 saturated heterocycles. The third kappa shape index (κ3) is 3.59. The fourth-order valence-corrected chi connectivity index (χ4v) is 3.84. The van der Waals surface area contributed by atoms with Crippen LogP contribution in [0.25, 0.3) is 0 Å². The summed E-state index contributed by atoms with van der Waals surface area (Å²) < 4.78 is 0. The summed E-state index contributed by atoms with van der Waals surface area (Å²) >= 11 is 0. The van der Waals surface area contributed by atoms with Crippen molar-refractivity contribution in [2.45, 2.75) is 31.2 Å². The predicted octanol–water partition coefficient (Wildman–Crippen LogP) is 4.05. The number of hydrogen-bond donors (Lipinski definition) is 1. The van der Waals surface area contributed by atoms with Crippen LogP contribution in [0, 0.1) is 5.92 Å². The molecule has 1 N–H and O–H groups in total. The number of benzene rings is 2. The van der Waals surface area contributed by atoms with Crippen molar-refractivity contribution in [3.63, 3.8) is 0 Å². The molecule has 2 aromatic carbocycles. The molecule has 1 aliphatic heterocycles. The topological polar surface area (TPSA) is 15.3 Å². The molecule has 2 unspecified atom stereocenters. The molecule has 0 bridgehead atoms. The van der Waals surface area contributed by atoms with Crippen LogP contribution in [-0.4, -0.2) is 25.7 Å². The van der Waals surface area contributed by atoms with Crippen molar-refractivity contribution in [1.29, 1.82) is 0 Å². The van der Waals surface area contributed by atoms with Crippen molar-refractivity contribution in [1.82, 2.24) is 5.32 Å². The van der Waals surface area contributed by atoms with Crippen LogP contribution in [0.3, 0.4) is 0 Å². The third-order valence-corrected chi connectivity index (χ3v) is 5.42. The zero-order valence-corrected chi connectivity index (χ0v) is 13.7. The van der Waals surface area contributed by atoms with Gasteiger partial charge in [0.15, 0.2) is 0 Å². The van der Waals surface area contributed by atoms with Crippen molar-refractivity contribution < 1.29 is 0 Å². The van der Waals surface area contributed by atoms with E-state index in [1.165, 1.54) is 50.1 Å². The Balaban J connectivity index is 1.21. The van der Waals surface area contributed by atoms with Crippen LogP contribution in [-0.2, 0) is 0 Å². The highest BCUT2D eigenvalue weighted by Crippen LogP contribution is 2.40. The molecule has 2 heteroatoms. The van der Waals surface area contributed by atoms with Crippen molar-refractivity contribution in [3.05, 3.63) is 66.2 Å². The van der Waals surface area contributed by atoms with Gasteiger partial charge in [0.2, 0.25) is 0 Å². The number of hydrogen-bond acceptors (Lipinski definition) is 2. The van der Waals surface area contributed by atoms with Crippen LogP contribution in [0.2, 0.25) is 0 Å². The van der Waals surface area contributed by atoms with E-state index < -0.39 is 0 Å². The molecule has 0 amide bonds. The first-order chi connectivity index (χ1) is 11.4. The Morgan fingerprint density at radius 1 is 0.870 bits per heavy atom. The van der Waals surface area contributed by atoms with Gasteiger partial charge in [-0.1, -0.05) is 48.5 Å². The predicted molar refractivity (Wildman–Crippen MR) is 97.0 cm³/mol. The summed E-state index contributed by atoms with van der Waals surface area (Å²) in [5, 5.41) is 3.81. The van der Waals surface area contributed by atoms with Crippen molar-refractivity contribution in [3.8, 4) is 0 Å². The maximum atomic E-state index is 3.81. The van der Waals surface area contributed by atoms with Gasteiger partial charge >= 0.3 is 0 Å². The quantitative estimate of drug-likeness (QED) is 0.896. The average Bonchev–Trinajstić information content (AvgIpc) is 3.42. The Morgan fingerprint density at radius 3 is 2.22 bits per heavy atom. The molecule has 1 saturated carbocycles. The lowest BCUT2D eigenvalue weighted by Crippen LogP contribution is -2.37. The third-order valence-electron chi connectivity index (χ3n) is 5.42. The van der Waals surface area contributed by atoms with E-state index in [2.05, 4.69) is 70.9 Å². The van der Waals surface area contributed by atoms with Crippen molar-refractivity contribution in [2.24, 2.45) is 5.92 Å². The normalized spacial score (nSPS) is 24.6. The standard InChI is InChI=1S/C21H26N2/c1-3-7-18(8-4-1)20-15-21(20)22-16-17-11-13-23(14-12-17)19-9-5-2-6-10-19/h1-10,17,20-22H,11-16H2. The zero-order valence-electron chi connectivity index (χ0n) is 13.7. The molecule has 2 aliphatic rings. The van der Waals surface area contributed by atoms with Gasteiger partial charge in [-0.05, 0) is 49.4 Å². The van der Waals surface area contributed by atoms with Gasteiger partial charge in [0.1, 0.15) is 0 Å². The van der Waals surface area contributed by atoms with Crippen LogP contribution >= 0.6 is 0 Å². The first-order valence-electron chi connectivity index (χ1n) is 8.98. The molecule has 2 fully saturated rings. The van der Waals surface area contributed by atoms with E-state index in [-0.39, 0.29) is 0 Å². The van der Waals surface area contributed by atoms with E-state index in [9.17, 15) is 0 Å². The summed E-state index contributed by atoms with van der Waals surface area (Å²) in [5.41, 5.74) is 2.88. The number of nitrogens with zero attached hydrogens (tertiary/aromatic N) is 1. The molecule has 2 atom stereocenters. The first kappa shape index (κ1) is 14.8. The van der Waals surface area contributed by atoms with Gasteiger partial charge in [0.05, 0.1) is 0 Å². The molecular weight excluding hydrogens is 280 g/mol. The minimum atomic E-state index is 0.713. The Bertz CT molecular complexity index is 602. The van der Waals surface area contributed by atoms with Gasteiger partial charge in [-0.2, -0.15) is 0 Å². The van der Waals surface area contributed by atoms with Crippen LogP contribution in [0.5, 0.6) is 0 Å². The minimum absolute atomic E-state index is 0.713. The van der Waals surface area contributed by atoms with Crippen LogP contribution in [0.15, 0.2) is 60.7 Å². The first-order valence-corrected chi connectivity index (χ1v) is 8.98. The van der Waals surface area contributed by atoms with E-state index >= 15 is 0 Å². The molecule has 120 valence electrons. The van der Waals surface area contributed by atoms with Gasteiger partial charge in [-0.15, -0.1) is 0 Å². The zero-order chi connectivity index (χ0) is 15.5. The Morgan fingerprint density at radius 2 is 1.52 bits per heavy atom. The maximum absolute atomic E-state index is 3.81. The Hall–Kier alpha value is -1.80. The molecule has 0 spiro atoms. The fraction of sp³-hybridized carbons (Fsp3) is 0.429. The van der Waals surface area contributed by atoms with Gasteiger partial charge in [-0.3, -0.25) is 0 Å². The summed E-state index contributed by atoms with van der Waals surface area (Å²) in [7, 11) is 0. The summed E-state index contributed by atoms with van der Waals surface area (Å²) in [6.45, 7) is 3.59. The summed E-state index contributed by atoms with van der Waals surface area (Å²) in [6, 6.07) is 22.5. The molecule has 2 nitrogen and oxygen atoms in total. The van der Waals surface area contributed by atoms with Gasteiger partial charge in [0, 0.05) is 30.7 Å². The monoisotopic (exact) mass is 306 g/mol. The highest BCUT2D eigenvalue weighted by Gasteiger charge is 2.38. The second-order valence-electron chi connectivity index (χ2n) is 7.03. The molecule has 4 rings (SSSR count). The molecule has 0 radical (unpaired) electrons. The number of para-hydroxylation sites is 1. The highest BCUT2D eigenvalue weighted by molar-refractivity contribution is 5.46. The van der Waals surface area contributed by atoms with Crippen LogP contribution in [0.1, 0.15) is 30.7 Å². The smallest absolute Gasteiger partial charge is 0.0366 e. The lowest BCUT2D eigenvalue weighted by Gasteiger charge is -2.33. The average molecular weight is 306 g/mol. The molecular formula is C21H26N2. The highest BCUT2D eigenvalue weighted by atomic mass is 15.1. The fourth-order valence-electron chi connectivity index (χ4n) is 3.84. The Labute approximate surface area is 139 Å². The van der Waals surface area contributed by atoms with E-state index in [0.29, 0.717) is 6.04 Å². The van der Waals surface area contributed by atoms with Gasteiger partial charge in [0.25, 0.3) is 0 Å². The number of rotatable bonds is 5. The minimum Gasteiger partial charge on any atom is -0.372 e. The largest absolute Gasteiger partial charge is 0.372 e. The number of anilines is 1. The molecule has 23 heavy (non-hydrogen) atoms. The van der Waals surface area contributed by atoms with Crippen LogP contribution in [0.4, 0.5) is 5.69 Å². The second-order valence-corrected chi connectivity index (χ2v) is 7.03. The summed E-state index contributed by atoms with van der Waals surface area (Å²) in [6.07, 6.45) is 3.93. The van der Waals surface area contributed by atoms with E-state index in [4.69, 9.17) is 0 Å². The SMILES string of the molecule is c1ccc(C2CC2NCC2CCN(c3ccccc3)CC2)cc1. The summed E-state index contributed by atoms with van der Waals surface area (Å²) in [4.78, 5) is 2.53. The number of nitrogens with one attached hydrogen (secondary N) is 1. The van der Waals surface area contributed by atoms with Gasteiger partial charge in [-0.25, -0.2) is 0 Å². The molecule has 2 aromatic rings. The van der Waals surface area contributed by atoms with E-state index in [1.807, 2.05) is 0 Å². The summed E-state index contributed by atoms with van der Waals surface area (Å²) in [5.74, 6) is 1.59. The van der Waals surface area contributed by atoms with Crippen LogP contribution < -0.4 is 10.2 Å². The molecule has 0 aromatic heterocycles. The van der Waals surface area contributed by atoms with Gasteiger partial charge < -0.3 is 10.2 Å². The van der Waals surface area contributed by atoms with E-state index in [1.54, 1.807) is 0 Å². The number of piperidine rings is 1. The van der Waals surface area contributed by atoms with Crippen molar-refractivity contribution in [2.75, 3.05) is 24.5 Å². The maximum Gasteiger partial charge on any atom is 0.0366 e. The second kappa shape index (κ2) is 6.76. The lowest BCUT2D eigenvalue weighted by atomic mass is 9.96.